The number of nitrogens with zero attached hydrogens (tertiary/aromatic N) is 1. The fourth-order valence-corrected chi connectivity index (χ4v) is 2.93. The van der Waals surface area contributed by atoms with Crippen LogP contribution in [0.1, 0.15) is 43.4 Å². The number of benzene rings is 1. The molecule has 0 spiro atoms. The molecule has 0 aliphatic carbocycles. The summed E-state index contributed by atoms with van der Waals surface area (Å²) in [6.07, 6.45) is 0.369. The van der Waals surface area contributed by atoms with Gasteiger partial charge in [0.05, 0.1) is 0 Å². The van der Waals surface area contributed by atoms with E-state index in [2.05, 4.69) is 38.6 Å². The van der Waals surface area contributed by atoms with Gasteiger partial charge in [-0.15, -0.1) is 0 Å². The van der Waals surface area contributed by atoms with E-state index in [-0.39, 0.29) is 11.8 Å². The third-order valence-corrected chi connectivity index (χ3v) is 4.84. The lowest BCUT2D eigenvalue weighted by Gasteiger charge is -2.36. The Labute approximate surface area is 136 Å². The van der Waals surface area contributed by atoms with Crippen molar-refractivity contribution >= 4 is 24.5 Å². The van der Waals surface area contributed by atoms with Crippen LogP contribution in [0.5, 0.6) is 0 Å². The van der Waals surface area contributed by atoms with E-state index in [1.165, 1.54) is 10.5 Å². The minimum atomic E-state index is -0.946. The number of carboxylic acids is 1. The lowest BCUT2D eigenvalue weighted by Crippen LogP contribution is -2.50. The van der Waals surface area contributed by atoms with Crippen molar-refractivity contribution in [3.8, 4) is 0 Å². The van der Waals surface area contributed by atoms with Crippen molar-refractivity contribution in [2.24, 2.45) is 5.92 Å². The number of carboxylic acid groups (broad SMARTS) is 1. The highest BCUT2D eigenvalue weighted by molar-refractivity contribution is 7.80. The van der Waals surface area contributed by atoms with E-state index in [9.17, 15) is 14.7 Å². The molecule has 1 N–H and O–H groups in total. The predicted molar refractivity (Wildman–Crippen MR) is 89.2 cm³/mol. The van der Waals surface area contributed by atoms with E-state index >= 15 is 0 Å². The average molecular weight is 321 g/mol. The van der Waals surface area contributed by atoms with E-state index in [1.54, 1.807) is 6.92 Å². The fraction of sp³-hybridized carbons (Fsp3) is 0.529. The summed E-state index contributed by atoms with van der Waals surface area (Å²) in [6.45, 7) is 6.39. The summed E-state index contributed by atoms with van der Waals surface area (Å²) in [5, 5.41) is 9.47. The molecule has 1 aromatic rings. The quantitative estimate of drug-likeness (QED) is 0.838. The minimum Gasteiger partial charge on any atom is -0.480 e. The molecule has 0 bridgehead atoms. The number of fused-ring (bicyclic) bond motifs is 1. The topological polar surface area (TPSA) is 57.6 Å². The second-order valence-corrected chi connectivity index (χ2v) is 6.66. The van der Waals surface area contributed by atoms with Gasteiger partial charge in [-0.05, 0) is 22.6 Å². The zero-order chi connectivity index (χ0) is 16.4. The van der Waals surface area contributed by atoms with Gasteiger partial charge in [-0.25, -0.2) is 4.79 Å². The molecule has 4 nitrogen and oxygen atoms in total. The van der Waals surface area contributed by atoms with Gasteiger partial charge in [0.1, 0.15) is 6.04 Å². The Morgan fingerprint density at radius 1 is 1.32 bits per heavy atom. The van der Waals surface area contributed by atoms with Crippen molar-refractivity contribution in [3.05, 3.63) is 34.9 Å². The second kappa shape index (κ2) is 6.73. The fourth-order valence-electron chi connectivity index (χ4n) is 2.78. The molecule has 1 amide bonds. The lowest BCUT2D eigenvalue weighted by atomic mass is 9.89. The number of carbonyl (C=O) groups is 2. The van der Waals surface area contributed by atoms with Gasteiger partial charge in [0.15, 0.2) is 0 Å². The number of hydrogen-bond donors (Lipinski definition) is 2. The maximum atomic E-state index is 12.5. The second-order valence-electron chi connectivity index (χ2n) is 6.29. The van der Waals surface area contributed by atoms with Crippen molar-refractivity contribution in [1.29, 1.82) is 0 Å². The van der Waals surface area contributed by atoms with Crippen LogP contribution in [-0.4, -0.2) is 33.7 Å². The molecule has 2 atom stereocenters. The lowest BCUT2D eigenvalue weighted by molar-refractivity contribution is -0.152. The zero-order valence-corrected chi connectivity index (χ0v) is 14.1. The smallest absolute Gasteiger partial charge is 0.326 e. The number of thiol groups is 1. The van der Waals surface area contributed by atoms with Gasteiger partial charge in [0.2, 0.25) is 5.91 Å². The third kappa shape index (κ3) is 3.29. The van der Waals surface area contributed by atoms with Gasteiger partial charge in [-0.2, -0.15) is 12.6 Å². The highest BCUT2D eigenvalue weighted by Gasteiger charge is 2.36. The molecule has 0 fully saturated rings. The van der Waals surface area contributed by atoms with E-state index in [0.717, 1.165) is 11.1 Å². The predicted octanol–water partition coefficient (Wildman–Crippen LogP) is 2.71. The van der Waals surface area contributed by atoms with Gasteiger partial charge in [0.25, 0.3) is 0 Å². The number of aliphatic carboxylic acids is 1. The molecule has 1 aromatic carbocycles. The van der Waals surface area contributed by atoms with Gasteiger partial charge in [-0.3, -0.25) is 4.79 Å². The Kier molecular flexibility index (Phi) is 5.16. The standard InChI is InChI=1S/C17H23NO3S/c1-10(2)12-4-5-13-7-15(17(20)21)18(8-14(13)6-12)16(19)11(3)9-22/h4-6,10-11,15,22H,7-9H2,1-3H3,(H,20,21)/t11?,15-/m0/s1. The molecule has 1 heterocycles. The number of hydrogen-bond acceptors (Lipinski definition) is 3. The molecule has 0 saturated heterocycles. The van der Waals surface area contributed by atoms with E-state index < -0.39 is 12.0 Å². The van der Waals surface area contributed by atoms with Gasteiger partial charge in [-0.1, -0.05) is 39.0 Å². The zero-order valence-electron chi connectivity index (χ0n) is 13.2. The first-order valence-electron chi connectivity index (χ1n) is 7.61. The van der Waals surface area contributed by atoms with Crippen LogP contribution in [-0.2, 0) is 22.6 Å². The van der Waals surface area contributed by atoms with E-state index in [4.69, 9.17) is 0 Å². The average Bonchev–Trinajstić information content (AvgIpc) is 2.51. The van der Waals surface area contributed by atoms with Crippen molar-refractivity contribution in [2.45, 2.75) is 45.7 Å². The minimum absolute atomic E-state index is 0.136. The van der Waals surface area contributed by atoms with Crippen molar-refractivity contribution in [3.63, 3.8) is 0 Å². The summed E-state index contributed by atoms with van der Waals surface area (Å²) in [6, 6.07) is 5.37. The number of rotatable bonds is 4. The van der Waals surface area contributed by atoms with Gasteiger partial charge < -0.3 is 10.0 Å². The van der Waals surface area contributed by atoms with Crippen LogP contribution in [0.25, 0.3) is 0 Å². The van der Waals surface area contributed by atoms with E-state index in [1.807, 2.05) is 6.07 Å². The first kappa shape index (κ1) is 16.9. The highest BCUT2D eigenvalue weighted by Crippen LogP contribution is 2.28. The SMILES string of the molecule is CC(CS)C(=O)N1Cc2cc(C(C)C)ccc2C[C@H]1C(=O)O. The summed E-state index contributed by atoms with van der Waals surface area (Å²) >= 11 is 4.16. The normalized spacial score (nSPS) is 19.0. The van der Waals surface area contributed by atoms with Gasteiger partial charge >= 0.3 is 5.97 Å². The number of amides is 1. The summed E-state index contributed by atoms with van der Waals surface area (Å²) in [5.41, 5.74) is 3.30. The maximum Gasteiger partial charge on any atom is 0.326 e. The van der Waals surface area contributed by atoms with Gasteiger partial charge in [0, 0.05) is 24.6 Å². The molecule has 120 valence electrons. The molecule has 22 heavy (non-hydrogen) atoms. The molecule has 1 unspecified atom stereocenters. The molecular formula is C17H23NO3S. The Bertz CT molecular complexity index is 585. The van der Waals surface area contributed by atoms with E-state index in [0.29, 0.717) is 24.6 Å². The number of carbonyl (C=O) groups excluding carboxylic acids is 1. The molecule has 0 radical (unpaired) electrons. The van der Waals surface area contributed by atoms with Crippen LogP contribution in [0.3, 0.4) is 0 Å². The summed E-state index contributed by atoms with van der Waals surface area (Å²) in [5.74, 6) is -0.537. The first-order chi connectivity index (χ1) is 10.3. The largest absolute Gasteiger partial charge is 0.480 e. The Balaban J connectivity index is 2.37. The van der Waals surface area contributed by atoms with Crippen LogP contribution in [0.15, 0.2) is 18.2 Å². The Morgan fingerprint density at radius 2 is 2.00 bits per heavy atom. The van der Waals surface area contributed by atoms with Crippen LogP contribution < -0.4 is 0 Å². The first-order valence-corrected chi connectivity index (χ1v) is 8.24. The summed E-state index contributed by atoms with van der Waals surface area (Å²) in [4.78, 5) is 25.5. The maximum absolute atomic E-state index is 12.5. The summed E-state index contributed by atoms with van der Waals surface area (Å²) in [7, 11) is 0. The molecular weight excluding hydrogens is 298 g/mol. The van der Waals surface area contributed by atoms with Crippen molar-refractivity contribution < 1.29 is 14.7 Å². The van der Waals surface area contributed by atoms with Crippen LogP contribution in [0.2, 0.25) is 0 Å². The van der Waals surface area contributed by atoms with Crippen LogP contribution in [0.4, 0.5) is 0 Å². The molecule has 1 aliphatic heterocycles. The molecule has 2 rings (SSSR count). The molecule has 0 saturated carbocycles. The van der Waals surface area contributed by atoms with Crippen molar-refractivity contribution in [2.75, 3.05) is 5.75 Å². The Morgan fingerprint density at radius 3 is 2.55 bits per heavy atom. The monoisotopic (exact) mass is 321 g/mol. The van der Waals surface area contributed by atoms with Crippen LogP contribution >= 0.6 is 12.6 Å². The molecule has 1 aliphatic rings. The third-order valence-electron chi connectivity index (χ3n) is 4.29. The highest BCUT2D eigenvalue weighted by atomic mass is 32.1. The Hall–Kier alpha value is -1.49. The van der Waals surface area contributed by atoms with Crippen molar-refractivity contribution in [1.82, 2.24) is 4.90 Å². The summed E-state index contributed by atoms with van der Waals surface area (Å²) < 4.78 is 0. The molecule has 5 heteroatoms. The molecule has 0 aromatic heterocycles. The van der Waals surface area contributed by atoms with Crippen LogP contribution in [0, 0.1) is 5.92 Å².